The van der Waals surface area contributed by atoms with Crippen LogP contribution < -0.4 is 15.1 Å². The first-order chi connectivity index (χ1) is 26.8. The second-order valence-corrected chi connectivity index (χ2v) is 15.5. The van der Waals surface area contributed by atoms with Gasteiger partial charge in [0.1, 0.15) is 11.8 Å². The molecule has 1 unspecified atom stereocenters. The highest BCUT2D eigenvalue weighted by molar-refractivity contribution is 6.05. The Morgan fingerprint density at radius 2 is 1.33 bits per heavy atom. The number of hydrogen-bond donors (Lipinski definition) is 2. The van der Waals surface area contributed by atoms with Gasteiger partial charge in [-0.15, -0.1) is 0 Å². The Bertz CT molecular complexity index is 2120. The maximum Gasteiger partial charge on any atom is 0.320 e. The van der Waals surface area contributed by atoms with E-state index in [1.807, 2.05) is 40.1 Å². The van der Waals surface area contributed by atoms with Crippen molar-refractivity contribution in [3.63, 3.8) is 0 Å². The van der Waals surface area contributed by atoms with Crippen LogP contribution in [0, 0.1) is 0 Å². The molecule has 55 heavy (non-hydrogen) atoms. The monoisotopic (exact) mass is 738 g/mol. The van der Waals surface area contributed by atoms with Gasteiger partial charge in [0, 0.05) is 88.2 Å². The first kappa shape index (κ1) is 34.9. The van der Waals surface area contributed by atoms with Crippen LogP contribution in [0.3, 0.4) is 0 Å². The lowest BCUT2D eigenvalue weighted by molar-refractivity contribution is -0.136. The van der Waals surface area contributed by atoms with Crippen LogP contribution in [-0.2, 0) is 22.6 Å². The Kier molecular flexibility index (Phi) is 9.16. The van der Waals surface area contributed by atoms with E-state index in [2.05, 4.69) is 75.8 Å². The number of piperazine rings is 2. The van der Waals surface area contributed by atoms with Crippen LogP contribution >= 0.6 is 0 Å². The van der Waals surface area contributed by atoms with Gasteiger partial charge < -0.3 is 29.6 Å². The number of aryl methyl sites for hydroxylation is 1. The number of carbonyl (C=O) groups excluding carboxylic acids is 4. The van der Waals surface area contributed by atoms with E-state index in [4.69, 9.17) is 0 Å². The number of nitrogens with zero attached hydrogens (tertiary/aromatic N) is 5. The molecule has 5 aliphatic rings. The maximum absolute atomic E-state index is 13.7. The van der Waals surface area contributed by atoms with Gasteiger partial charge in [0.25, 0.3) is 5.91 Å². The van der Waals surface area contributed by atoms with Crippen molar-refractivity contribution in [2.24, 2.45) is 0 Å². The van der Waals surface area contributed by atoms with Crippen LogP contribution in [0.5, 0.6) is 5.75 Å². The fourth-order valence-electron chi connectivity index (χ4n) is 9.44. The first-order valence-corrected chi connectivity index (χ1v) is 19.6. The highest BCUT2D eigenvalue weighted by atomic mass is 16.3. The Balaban J connectivity index is 0.797. The van der Waals surface area contributed by atoms with Gasteiger partial charge in [0.05, 0.1) is 0 Å². The van der Waals surface area contributed by atoms with Crippen molar-refractivity contribution in [3.8, 4) is 5.75 Å². The van der Waals surface area contributed by atoms with E-state index < -0.39 is 11.9 Å². The first-order valence-electron chi connectivity index (χ1n) is 19.6. The van der Waals surface area contributed by atoms with Crippen molar-refractivity contribution in [2.45, 2.75) is 50.1 Å². The number of aromatic hydroxyl groups is 1. The zero-order valence-corrected chi connectivity index (χ0v) is 30.9. The van der Waals surface area contributed by atoms with Crippen LogP contribution in [0.1, 0.15) is 69.3 Å². The summed E-state index contributed by atoms with van der Waals surface area (Å²) >= 11 is 0. The number of amides is 5. The van der Waals surface area contributed by atoms with Crippen LogP contribution in [0.15, 0.2) is 91.0 Å². The molecule has 4 heterocycles. The van der Waals surface area contributed by atoms with Gasteiger partial charge in [-0.3, -0.25) is 19.7 Å². The Hall–Kier alpha value is -5.84. The van der Waals surface area contributed by atoms with Crippen molar-refractivity contribution in [2.75, 3.05) is 62.2 Å². The zero-order valence-electron chi connectivity index (χ0n) is 30.9. The van der Waals surface area contributed by atoms with Gasteiger partial charge in [-0.2, -0.15) is 0 Å². The molecule has 0 bridgehead atoms. The highest BCUT2D eigenvalue weighted by Gasteiger charge is 2.39. The molecule has 282 valence electrons. The average molecular weight is 739 g/mol. The summed E-state index contributed by atoms with van der Waals surface area (Å²) in [6, 6.07) is 30.9. The molecule has 4 aromatic carbocycles. The molecular weight excluding hydrogens is 693 g/mol. The average Bonchev–Trinajstić information content (AvgIpc) is 3.55. The molecule has 0 saturated carbocycles. The van der Waals surface area contributed by atoms with Crippen molar-refractivity contribution < 1.29 is 24.3 Å². The number of hydrogen-bond acceptors (Lipinski definition) is 7. The summed E-state index contributed by atoms with van der Waals surface area (Å²) < 4.78 is 0. The fraction of sp³-hybridized carbons (Fsp3) is 0.364. The van der Waals surface area contributed by atoms with Crippen LogP contribution in [0.4, 0.5) is 16.2 Å². The number of benzene rings is 4. The SMILES string of the molecule is O=C1CCC(N2Cc3cc(N4CCN(C(=O)N5CCN(c6ccc([C@@H]7c8ccc(O)cc8CC[C@@H]7c7ccccc7)cc6)CC5)CC4)ccc3C2=O)C(=O)N1. The number of carbonyl (C=O) groups is 4. The number of fused-ring (bicyclic) bond motifs is 2. The minimum absolute atomic E-state index is 0.0861. The smallest absolute Gasteiger partial charge is 0.320 e. The molecule has 2 N–H and O–H groups in total. The number of nitrogens with one attached hydrogen (secondary N) is 1. The van der Waals surface area contributed by atoms with Crippen molar-refractivity contribution >= 4 is 35.1 Å². The number of rotatable bonds is 5. The van der Waals surface area contributed by atoms with E-state index in [-0.39, 0.29) is 30.2 Å². The second kappa shape index (κ2) is 14.4. The molecule has 9 rings (SSSR count). The predicted molar refractivity (Wildman–Crippen MR) is 209 cm³/mol. The van der Waals surface area contributed by atoms with Gasteiger partial charge in [0.15, 0.2) is 0 Å². The molecule has 5 amide bonds. The van der Waals surface area contributed by atoms with Crippen molar-refractivity contribution in [3.05, 3.63) is 124 Å². The third kappa shape index (κ3) is 6.66. The van der Waals surface area contributed by atoms with Gasteiger partial charge in [-0.25, -0.2) is 4.79 Å². The second-order valence-electron chi connectivity index (χ2n) is 15.5. The highest BCUT2D eigenvalue weighted by Crippen LogP contribution is 2.47. The summed E-state index contributed by atoms with van der Waals surface area (Å²) in [5.74, 6) is 0.0147. The van der Waals surface area contributed by atoms with Crippen LogP contribution in [-0.4, -0.2) is 102 Å². The van der Waals surface area contributed by atoms with Gasteiger partial charge in [-0.1, -0.05) is 48.5 Å². The van der Waals surface area contributed by atoms with E-state index in [9.17, 15) is 24.3 Å². The van der Waals surface area contributed by atoms with Crippen LogP contribution in [0.2, 0.25) is 0 Å². The molecule has 11 nitrogen and oxygen atoms in total. The summed E-state index contributed by atoms with van der Waals surface area (Å²) in [5, 5.41) is 12.6. The van der Waals surface area contributed by atoms with Gasteiger partial charge in [0.2, 0.25) is 11.8 Å². The molecule has 3 fully saturated rings. The molecule has 4 aromatic rings. The predicted octanol–water partition coefficient (Wildman–Crippen LogP) is 5.08. The van der Waals surface area contributed by atoms with E-state index in [0.717, 1.165) is 37.2 Å². The normalized spacial score (nSPS) is 22.7. The largest absolute Gasteiger partial charge is 0.508 e. The quantitative estimate of drug-likeness (QED) is 0.275. The standard InChI is InChI=1S/C44H46N6O5/c51-35-12-15-37-31(27-35)8-13-36(29-4-2-1-3-5-29)41(37)30-6-9-33(10-7-30)46-18-22-48(23-19-46)44(55)49-24-20-47(21-25-49)34-11-14-38-32(26-34)28-50(43(38)54)39-16-17-40(52)45-42(39)53/h1-7,9-12,14-15,26-27,36,39,41,51H,8,13,16-25,28H2,(H,45,52,53)/t36-,39?,41+/m1/s1. The molecule has 4 aliphatic heterocycles. The maximum atomic E-state index is 13.7. The Morgan fingerprint density at radius 1 is 0.655 bits per heavy atom. The molecule has 0 aromatic heterocycles. The van der Waals surface area contributed by atoms with Gasteiger partial charge in [-0.05, 0) is 95.5 Å². The van der Waals surface area contributed by atoms with Crippen LogP contribution in [0.25, 0.3) is 0 Å². The minimum atomic E-state index is -0.631. The lowest BCUT2D eigenvalue weighted by Gasteiger charge is -2.41. The minimum Gasteiger partial charge on any atom is -0.508 e. The number of anilines is 2. The lowest BCUT2D eigenvalue weighted by Crippen LogP contribution is -2.57. The third-order valence-electron chi connectivity index (χ3n) is 12.4. The van der Waals surface area contributed by atoms with Crippen molar-refractivity contribution in [1.82, 2.24) is 20.0 Å². The summed E-state index contributed by atoms with van der Waals surface area (Å²) in [4.78, 5) is 61.0. The number of phenols is 1. The number of urea groups is 1. The molecule has 1 aliphatic carbocycles. The van der Waals surface area contributed by atoms with Gasteiger partial charge >= 0.3 is 6.03 Å². The van der Waals surface area contributed by atoms with Crippen molar-refractivity contribution in [1.29, 1.82) is 0 Å². The van der Waals surface area contributed by atoms with E-state index in [1.165, 1.54) is 27.9 Å². The Morgan fingerprint density at radius 3 is 2.02 bits per heavy atom. The topological polar surface area (TPSA) is 117 Å². The third-order valence-corrected chi connectivity index (χ3v) is 12.4. The number of phenolic OH excluding ortho intramolecular Hbond substituents is 1. The van der Waals surface area contributed by atoms with E-state index in [1.54, 1.807) is 4.90 Å². The van der Waals surface area contributed by atoms with E-state index >= 15 is 0 Å². The fourth-order valence-corrected chi connectivity index (χ4v) is 9.44. The summed E-state index contributed by atoms with van der Waals surface area (Å²) in [6.45, 7) is 5.84. The summed E-state index contributed by atoms with van der Waals surface area (Å²) in [5.41, 5.74) is 8.80. The lowest BCUT2D eigenvalue weighted by atomic mass is 9.69. The molecule has 11 heteroatoms. The Labute approximate surface area is 321 Å². The molecular formula is C44H46N6O5. The summed E-state index contributed by atoms with van der Waals surface area (Å²) in [7, 11) is 0. The van der Waals surface area contributed by atoms with E-state index in [0.29, 0.717) is 69.5 Å². The summed E-state index contributed by atoms with van der Waals surface area (Å²) in [6.07, 6.45) is 2.55. The zero-order chi connectivity index (χ0) is 37.6. The molecule has 0 radical (unpaired) electrons. The molecule has 0 spiro atoms. The molecule has 3 saturated heterocycles. The molecule has 3 atom stereocenters. The number of piperidine rings is 1. The number of imide groups is 1.